The standard InChI is InChI=1S/C24H30N2O5/c1-23(2,3)15-24(4,5)16-10-12-17(13-11-16)31-14-20(27)25-26-21(28)18-8-6-7-9-19(18)22(29)30/h6-13H,14-15H2,1-5H3,(H,25,27)(H,26,28)(H,29,30)/p-1. The smallest absolute Gasteiger partial charge is 0.276 e. The van der Waals surface area contributed by atoms with Crippen molar-refractivity contribution in [3.05, 3.63) is 65.2 Å². The molecule has 0 aliphatic heterocycles. The van der Waals surface area contributed by atoms with E-state index in [0.717, 1.165) is 6.42 Å². The van der Waals surface area contributed by atoms with E-state index >= 15 is 0 Å². The number of carbonyl (C=O) groups excluding carboxylic acids is 3. The van der Waals surface area contributed by atoms with Crippen molar-refractivity contribution in [2.75, 3.05) is 6.61 Å². The fraction of sp³-hybridized carbons (Fsp3) is 0.375. The molecule has 0 aromatic heterocycles. The molecule has 2 rings (SSSR count). The summed E-state index contributed by atoms with van der Waals surface area (Å²) in [5.41, 5.74) is 5.37. The number of carbonyl (C=O) groups is 3. The average Bonchev–Trinajstić information content (AvgIpc) is 2.69. The highest BCUT2D eigenvalue weighted by molar-refractivity contribution is 6.04. The van der Waals surface area contributed by atoms with Gasteiger partial charge in [0.2, 0.25) is 0 Å². The fourth-order valence-corrected chi connectivity index (χ4v) is 3.67. The van der Waals surface area contributed by atoms with E-state index < -0.39 is 17.8 Å². The third-order valence-electron chi connectivity index (χ3n) is 4.69. The number of hydrogen-bond donors (Lipinski definition) is 2. The summed E-state index contributed by atoms with van der Waals surface area (Å²) >= 11 is 0. The number of nitrogens with one attached hydrogen (secondary N) is 2. The second kappa shape index (κ2) is 9.64. The number of rotatable bonds is 7. The number of amides is 2. The summed E-state index contributed by atoms with van der Waals surface area (Å²) in [5.74, 6) is -2.30. The molecule has 0 unspecified atom stereocenters. The maximum atomic E-state index is 12.1. The molecule has 0 heterocycles. The SMILES string of the molecule is CC(C)(C)CC(C)(C)c1ccc(OCC(=O)NNC(=O)c2ccccc2C(=O)[O-])cc1. The first-order chi connectivity index (χ1) is 14.4. The van der Waals surface area contributed by atoms with Gasteiger partial charge in [0.1, 0.15) is 5.75 Å². The fourth-order valence-electron chi connectivity index (χ4n) is 3.67. The molecule has 0 saturated carbocycles. The lowest BCUT2D eigenvalue weighted by atomic mass is 9.72. The van der Waals surface area contributed by atoms with Gasteiger partial charge in [-0.25, -0.2) is 0 Å². The number of benzene rings is 2. The minimum absolute atomic E-state index is 0.000198. The molecule has 2 aromatic carbocycles. The molecule has 7 heteroatoms. The van der Waals surface area contributed by atoms with E-state index in [1.165, 1.54) is 29.8 Å². The van der Waals surface area contributed by atoms with Gasteiger partial charge in [-0.05, 0) is 41.0 Å². The molecule has 7 nitrogen and oxygen atoms in total. The van der Waals surface area contributed by atoms with E-state index in [1.807, 2.05) is 24.3 Å². The Morgan fingerprint density at radius 3 is 2.00 bits per heavy atom. The molecule has 2 N–H and O–H groups in total. The lowest BCUT2D eigenvalue weighted by Gasteiger charge is -2.33. The third-order valence-corrected chi connectivity index (χ3v) is 4.69. The summed E-state index contributed by atoms with van der Waals surface area (Å²) in [6.45, 7) is 10.7. The van der Waals surface area contributed by atoms with Gasteiger partial charge in [0.25, 0.3) is 11.8 Å². The molecule has 166 valence electrons. The minimum atomic E-state index is -1.48. The predicted molar refractivity (Wildman–Crippen MR) is 115 cm³/mol. The van der Waals surface area contributed by atoms with Gasteiger partial charge in [-0.2, -0.15) is 0 Å². The van der Waals surface area contributed by atoms with Gasteiger partial charge in [-0.15, -0.1) is 0 Å². The number of aromatic carboxylic acids is 1. The predicted octanol–water partition coefficient (Wildman–Crippen LogP) is 2.60. The summed E-state index contributed by atoms with van der Waals surface area (Å²) in [4.78, 5) is 35.2. The Balaban J connectivity index is 1.88. The monoisotopic (exact) mass is 425 g/mol. The van der Waals surface area contributed by atoms with Crippen LogP contribution in [0.25, 0.3) is 0 Å². The summed E-state index contributed by atoms with van der Waals surface area (Å²) in [6.07, 6.45) is 1.02. The summed E-state index contributed by atoms with van der Waals surface area (Å²) < 4.78 is 5.47. The van der Waals surface area contributed by atoms with Crippen molar-refractivity contribution in [3.63, 3.8) is 0 Å². The molecule has 0 atom stereocenters. The Bertz CT molecular complexity index is 943. The average molecular weight is 426 g/mol. The van der Waals surface area contributed by atoms with Gasteiger partial charge in [0, 0.05) is 5.56 Å². The second-order valence-corrected chi connectivity index (χ2v) is 9.27. The highest BCUT2D eigenvalue weighted by atomic mass is 16.5. The largest absolute Gasteiger partial charge is 0.545 e. The van der Waals surface area contributed by atoms with E-state index in [-0.39, 0.29) is 28.6 Å². The van der Waals surface area contributed by atoms with Crippen LogP contribution in [-0.4, -0.2) is 24.4 Å². The molecule has 2 amide bonds. The Labute approximate surface area is 182 Å². The van der Waals surface area contributed by atoms with Gasteiger partial charge in [-0.3, -0.25) is 20.4 Å². The molecule has 0 saturated heterocycles. The summed E-state index contributed by atoms with van der Waals surface area (Å²) in [7, 11) is 0. The van der Waals surface area contributed by atoms with Crippen LogP contribution in [0.1, 0.15) is 67.3 Å². The molecule has 0 bridgehead atoms. The van der Waals surface area contributed by atoms with Crippen LogP contribution in [0.15, 0.2) is 48.5 Å². The van der Waals surface area contributed by atoms with Gasteiger partial charge in [0.15, 0.2) is 6.61 Å². The third kappa shape index (κ3) is 7.13. The van der Waals surface area contributed by atoms with Crippen LogP contribution in [0.5, 0.6) is 5.75 Å². The van der Waals surface area contributed by atoms with E-state index in [4.69, 9.17) is 4.74 Å². The van der Waals surface area contributed by atoms with Crippen molar-refractivity contribution in [1.82, 2.24) is 10.9 Å². The highest BCUT2D eigenvalue weighted by Gasteiger charge is 2.27. The maximum absolute atomic E-state index is 12.1. The minimum Gasteiger partial charge on any atom is -0.545 e. The molecule has 0 radical (unpaired) electrons. The molecule has 0 aliphatic rings. The van der Waals surface area contributed by atoms with Gasteiger partial charge in [0.05, 0.1) is 11.5 Å². The molecule has 31 heavy (non-hydrogen) atoms. The van der Waals surface area contributed by atoms with Crippen molar-refractivity contribution in [2.45, 2.75) is 46.5 Å². The summed E-state index contributed by atoms with van der Waals surface area (Å²) in [5, 5.41) is 11.1. The van der Waals surface area contributed by atoms with Crippen molar-refractivity contribution in [2.24, 2.45) is 5.41 Å². The van der Waals surface area contributed by atoms with Crippen LogP contribution < -0.4 is 20.7 Å². The van der Waals surface area contributed by atoms with Crippen molar-refractivity contribution >= 4 is 17.8 Å². The molecule has 2 aromatic rings. The number of hydrogen-bond acceptors (Lipinski definition) is 5. The van der Waals surface area contributed by atoms with E-state index in [2.05, 4.69) is 45.5 Å². The molecule has 0 fully saturated rings. The summed E-state index contributed by atoms with van der Waals surface area (Å²) in [6, 6.07) is 13.1. The number of carboxylic acids is 1. The Kier molecular flexibility index (Phi) is 7.44. The number of ether oxygens (including phenoxy) is 1. The van der Waals surface area contributed by atoms with E-state index in [1.54, 1.807) is 0 Å². The Morgan fingerprint density at radius 2 is 1.45 bits per heavy atom. The van der Waals surface area contributed by atoms with Crippen LogP contribution in [0.4, 0.5) is 0 Å². The van der Waals surface area contributed by atoms with Crippen LogP contribution in [0.3, 0.4) is 0 Å². The zero-order chi connectivity index (χ0) is 23.2. The van der Waals surface area contributed by atoms with Gasteiger partial charge in [-0.1, -0.05) is 65.0 Å². The van der Waals surface area contributed by atoms with Crippen molar-refractivity contribution < 1.29 is 24.2 Å². The molecule has 0 aliphatic carbocycles. The lowest BCUT2D eigenvalue weighted by molar-refractivity contribution is -0.255. The normalized spacial score (nSPS) is 11.5. The molecular formula is C24H29N2O5-. The first-order valence-corrected chi connectivity index (χ1v) is 10.0. The van der Waals surface area contributed by atoms with Crippen LogP contribution in [-0.2, 0) is 10.2 Å². The van der Waals surface area contributed by atoms with Crippen LogP contribution in [0.2, 0.25) is 0 Å². The van der Waals surface area contributed by atoms with Gasteiger partial charge >= 0.3 is 0 Å². The number of carboxylic acid groups (broad SMARTS) is 1. The first-order valence-electron chi connectivity index (χ1n) is 10.0. The van der Waals surface area contributed by atoms with Crippen molar-refractivity contribution in [3.8, 4) is 5.75 Å². The van der Waals surface area contributed by atoms with Crippen LogP contribution in [0, 0.1) is 5.41 Å². The Morgan fingerprint density at radius 1 is 0.871 bits per heavy atom. The van der Waals surface area contributed by atoms with Crippen molar-refractivity contribution in [1.29, 1.82) is 0 Å². The first kappa shape index (κ1) is 23.9. The second-order valence-electron chi connectivity index (χ2n) is 9.27. The number of hydrazine groups is 1. The quantitative estimate of drug-likeness (QED) is 0.663. The van der Waals surface area contributed by atoms with E-state index in [0.29, 0.717) is 5.75 Å². The lowest BCUT2D eigenvalue weighted by Crippen LogP contribution is -2.44. The van der Waals surface area contributed by atoms with E-state index in [9.17, 15) is 19.5 Å². The highest BCUT2D eigenvalue weighted by Crippen LogP contribution is 2.36. The Hall–Kier alpha value is -3.35. The maximum Gasteiger partial charge on any atom is 0.276 e. The zero-order valence-electron chi connectivity index (χ0n) is 18.6. The van der Waals surface area contributed by atoms with Gasteiger partial charge < -0.3 is 14.6 Å². The van der Waals surface area contributed by atoms with Crippen LogP contribution >= 0.6 is 0 Å². The molecule has 0 spiro atoms. The zero-order valence-corrected chi connectivity index (χ0v) is 18.6. The topological polar surface area (TPSA) is 108 Å². The molecular weight excluding hydrogens is 396 g/mol.